The Morgan fingerprint density at radius 3 is 2.69 bits per heavy atom. The fourth-order valence-corrected chi connectivity index (χ4v) is 1.85. The van der Waals surface area contributed by atoms with Crippen molar-refractivity contribution in [1.82, 2.24) is 10.2 Å². The Morgan fingerprint density at radius 2 is 2.12 bits per heavy atom. The minimum Gasteiger partial charge on any atom is -0.370 e. The number of hydrogen-bond donors (Lipinski definition) is 1. The standard InChI is InChI=1S/C12H13BrN2O/c1-15-7-6-14-12(15)8-11(16)9-2-4-10(13)5-3-9/h2-5,8,14H,6-7H2,1H3/b12-8+. The predicted molar refractivity (Wildman–Crippen MR) is 67.2 cm³/mol. The molecule has 1 fully saturated rings. The summed E-state index contributed by atoms with van der Waals surface area (Å²) in [5, 5.41) is 3.18. The minimum absolute atomic E-state index is 0.0313. The van der Waals surface area contributed by atoms with E-state index < -0.39 is 0 Å². The summed E-state index contributed by atoms with van der Waals surface area (Å²) in [5.74, 6) is 0.927. The molecule has 0 aromatic heterocycles. The largest absolute Gasteiger partial charge is 0.370 e. The molecule has 0 saturated carbocycles. The van der Waals surface area contributed by atoms with Crippen LogP contribution in [0.15, 0.2) is 40.6 Å². The first-order chi connectivity index (χ1) is 7.66. The fraction of sp³-hybridized carbons (Fsp3) is 0.250. The van der Waals surface area contributed by atoms with Gasteiger partial charge < -0.3 is 10.2 Å². The molecule has 1 aromatic rings. The quantitative estimate of drug-likeness (QED) is 0.665. The zero-order valence-electron chi connectivity index (χ0n) is 9.03. The SMILES string of the molecule is CN1CCN/C1=C\C(=O)c1ccc(Br)cc1. The third kappa shape index (κ3) is 2.44. The van der Waals surface area contributed by atoms with Gasteiger partial charge in [0.05, 0.1) is 0 Å². The normalized spacial score (nSPS) is 17.6. The van der Waals surface area contributed by atoms with Crippen molar-refractivity contribution in [2.24, 2.45) is 0 Å². The highest BCUT2D eigenvalue weighted by atomic mass is 79.9. The highest BCUT2D eigenvalue weighted by molar-refractivity contribution is 9.10. The molecular weight excluding hydrogens is 268 g/mol. The number of carbonyl (C=O) groups excluding carboxylic acids is 1. The molecule has 3 nitrogen and oxygen atoms in total. The van der Waals surface area contributed by atoms with E-state index in [9.17, 15) is 4.79 Å². The molecule has 0 bridgehead atoms. The number of ketones is 1. The molecule has 16 heavy (non-hydrogen) atoms. The van der Waals surface area contributed by atoms with Crippen LogP contribution in [0.4, 0.5) is 0 Å². The molecular formula is C12H13BrN2O. The number of carbonyl (C=O) groups is 1. The van der Waals surface area contributed by atoms with Crippen molar-refractivity contribution >= 4 is 21.7 Å². The summed E-state index contributed by atoms with van der Waals surface area (Å²) in [6.07, 6.45) is 1.65. The smallest absolute Gasteiger partial charge is 0.189 e. The van der Waals surface area contributed by atoms with Crippen molar-refractivity contribution in [3.8, 4) is 0 Å². The summed E-state index contributed by atoms with van der Waals surface area (Å²) in [6, 6.07) is 7.38. The lowest BCUT2D eigenvalue weighted by Crippen LogP contribution is -2.15. The van der Waals surface area contributed by atoms with Crippen LogP contribution in [0.1, 0.15) is 10.4 Å². The van der Waals surface area contributed by atoms with Gasteiger partial charge >= 0.3 is 0 Å². The third-order valence-electron chi connectivity index (χ3n) is 2.56. The number of allylic oxidation sites excluding steroid dienone is 1. The average molecular weight is 281 g/mol. The molecule has 4 heteroatoms. The van der Waals surface area contributed by atoms with E-state index in [0.717, 1.165) is 23.4 Å². The zero-order chi connectivity index (χ0) is 11.5. The Hall–Kier alpha value is -1.29. The minimum atomic E-state index is 0.0313. The summed E-state index contributed by atoms with van der Waals surface area (Å²) in [4.78, 5) is 13.9. The molecule has 1 aromatic carbocycles. The first-order valence-corrected chi connectivity index (χ1v) is 5.93. The van der Waals surface area contributed by atoms with E-state index in [0.29, 0.717) is 5.56 Å². The van der Waals surface area contributed by atoms with E-state index in [2.05, 4.69) is 21.2 Å². The number of hydrogen-bond acceptors (Lipinski definition) is 3. The third-order valence-corrected chi connectivity index (χ3v) is 3.09. The van der Waals surface area contributed by atoms with E-state index in [1.165, 1.54) is 0 Å². The van der Waals surface area contributed by atoms with Gasteiger partial charge in [-0.25, -0.2) is 0 Å². The second kappa shape index (κ2) is 4.70. The van der Waals surface area contributed by atoms with Crippen LogP contribution in [-0.4, -0.2) is 30.8 Å². The molecule has 0 atom stereocenters. The van der Waals surface area contributed by atoms with Crippen molar-refractivity contribution < 1.29 is 4.79 Å². The van der Waals surface area contributed by atoms with Crippen LogP contribution in [0.25, 0.3) is 0 Å². The van der Waals surface area contributed by atoms with Gasteiger partial charge in [-0.2, -0.15) is 0 Å². The Balaban J connectivity index is 2.16. The van der Waals surface area contributed by atoms with Crippen LogP contribution in [0.2, 0.25) is 0 Å². The van der Waals surface area contributed by atoms with Gasteiger partial charge in [-0.1, -0.05) is 15.9 Å². The van der Waals surface area contributed by atoms with Gasteiger partial charge in [0.1, 0.15) is 5.82 Å². The summed E-state index contributed by atoms with van der Waals surface area (Å²) in [5.41, 5.74) is 0.706. The lowest BCUT2D eigenvalue weighted by atomic mass is 10.1. The van der Waals surface area contributed by atoms with E-state index in [1.807, 2.05) is 36.2 Å². The molecule has 1 aliphatic heterocycles. The van der Waals surface area contributed by atoms with Crippen LogP contribution in [-0.2, 0) is 0 Å². The molecule has 1 saturated heterocycles. The summed E-state index contributed by atoms with van der Waals surface area (Å²) >= 11 is 3.35. The highest BCUT2D eigenvalue weighted by Crippen LogP contribution is 2.12. The van der Waals surface area contributed by atoms with Crippen molar-refractivity contribution in [2.45, 2.75) is 0 Å². The molecule has 0 spiro atoms. The van der Waals surface area contributed by atoms with Gasteiger partial charge in [0.2, 0.25) is 0 Å². The molecule has 0 radical (unpaired) electrons. The topological polar surface area (TPSA) is 32.3 Å². The number of nitrogens with zero attached hydrogens (tertiary/aromatic N) is 1. The van der Waals surface area contributed by atoms with Crippen LogP contribution in [0.5, 0.6) is 0 Å². The van der Waals surface area contributed by atoms with Crippen molar-refractivity contribution in [1.29, 1.82) is 0 Å². The maximum absolute atomic E-state index is 11.9. The van der Waals surface area contributed by atoms with Crippen LogP contribution in [0.3, 0.4) is 0 Å². The van der Waals surface area contributed by atoms with Crippen molar-refractivity contribution in [2.75, 3.05) is 20.1 Å². The van der Waals surface area contributed by atoms with Gasteiger partial charge in [-0.15, -0.1) is 0 Å². The summed E-state index contributed by atoms with van der Waals surface area (Å²) in [7, 11) is 1.97. The van der Waals surface area contributed by atoms with Crippen molar-refractivity contribution in [3.05, 3.63) is 46.2 Å². The number of likely N-dealkylation sites (N-methyl/N-ethyl adjacent to an activating group) is 1. The van der Waals surface area contributed by atoms with Gasteiger partial charge in [-0.05, 0) is 24.3 Å². The molecule has 0 amide bonds. The predicted octanol–water partition coefficient (Wildman–Crippen LogP) is 2.01. The van der Waals surface area contributed by atoms with E-state index in [-0.39, 0.29) is 5.78 Å². The highest BCUT2D eigenvalue weighted by Gasteiger charge is 2.13. The maximum Gasteiger partial charge on any atom is 0.189 e. The first-order valence-electron chi connectivity index (χ1n) is 5.13. The van der Waals surface area contributed by atoms with E-state index in [1.54, 1.807) is 6.08 Å². The first kappa shape index (κ1) is 11.2. The fourth-order valence-electron chi connectivity index (χ4n) is 1.59. The van der Waals surface area contributed by atoms with Gasteiger partial charge in [0.15, 0.2) is 5.78 Å². The maximum atomic E-state index is 11.9. The molecule has 84 valence electrons. The lowest BCUT2D eigenvalue weighted by molar-refractivity contribution is 0.104. The van der Waals surface area contributed by atoms with E-state index >= 15 is 0 Å². The monoisotopic (exact) mass is 280 g/mol. The molecule has 1 heterocycles. The van der Waals surface area contributed by atoms with E-state index in [4.69, 9.17) is 0 Å². The number of halogens is 1. The van der Waals surface area contributed by atoms with Crippen LogP contribution < -0.4 is 5.32 Å². The molecule has 0 unspecified atom stereocenters. The van der Waals surface area contributed by atoms with Gasteiger partial charge in [0.25, 0.3) is 0 Å². The average Bonchev–Trinajstić information content (AvgIpc) is 2.65. The Labute approximate surface area is 103 Å². The second-order valence-corrected chi connectivity index (χ2v) is 4.66. The Morgan fingerprint density at radius 1 is 1.44 bits per heavy atom. The number of benzene rings is 1. The molecule has 0 aliphatic carbocycles. The Kier molecular flexibility index (Phi) is 3.29. The Bertz CT molecular complexity index is 425. The second-order valence-electron chi connectivity index (χ2n) is 3.75. The van der Waals surface area contributed by atoms with Crippen LogP contribution in [0, 0.1) is 0 Å². The van der Waals surface area contributed by atoms with Crippen molar-refractivity contribution in [3.63, 3.8) is 0 Å². The summed E-state index contributed by atoms with van der Waals surface area (Å²) in [6.45, 7) is 1.84. The van der Waals surface area contributed by atoms with Crippen LogP contribution >= 0.6 is 15.9 Å². The molecule has 1 N–H and O–H groups in total. The molecule has 2 rings (SSSR count). The zero-order valence-corrected chi connectivity index (χ0v) is 10.6. The number of rotatable bonds is 2. The molecule has 1 aliphatic rings. The van der Waals surface area contributed by atoms with Gasteiger partial charge in [0, 0.05) is 36.2 Å². The summed E-state index contributed by atoms with van der Waals surface area (Å²) < 4.78 is 0.979. The lowest BCUT2D eigenvalue weighted by Gasteiger charge is -2.10. The van der Waals surface area contributed by atoms with Gasteiger partial charge in [-0.3, -0.25) is 4.79 Å². The number of nitrogens with one attached hydrogen (secondary N) is 1.